The van der Waals surface area contributed by atoms with Crippen molar-refractivity contribution in [1.29, 1.82) is 0 Å². The number of sulfone groups is 2. The molecule has 1 aromatic rings. The molecular weight excluding hydrogens is 376 g/mol. The second-order valence-electron chi connectivity index (χ2n) is 7.20. The van der Waals surface area contributed by atoms with E-state index in [1.165, 1.54) is 13.2 Å². The molecule has 2 atom stereocenters. The van der Waals surface area contributed by atoms with Crippen molar-refractivity contribution in [3.63, 3.8) is 0 Å². The molecule has 2 aliphatic rings. The number of piperazine rings is 1. The summed E-state index contributed by atoms with van der Waals surface area (Å²) in [6, 6.07) is 4.21. The maximum atomic E-state index is 13.2. The van der Waals surface area contributed by atoms with E-state index in [1.807, 2.05) is 11.9 Å². The predicted octanol–water partition coefficient (Wildman–Crippen LogP) is 0.190. The summed E-state index contributed by atoms with van der Waals surface area (Å²) in [4.78, 5) is 4.36. The third kappa shape index (κ3) is 3.76. The molecule has 1 aromatic carbocycles. The lowest BCUT2D eigenvalue weighted by atomic mass is 10.2. The largest absolute Gasteiger partial charge is 0.496 e. The van der Waals surface area contributed by atoms with Gasteiger partial charge in [0.25, 0.3) is 0 Å². The number of hydrogen-bond donors (Lipinski definition) is 0. The van der Waals surface area contributed by atoms with Crippen LogP contribution >= 0.6 is 0 Å². The summed E-state index contributed by atoms with van der Waals surface area (Å²) in [7, 11) is -3.60. The first kappa shape index (κ1) is 19.6. The average Bonchev–Trinajstić information content (AvgIpc) is 2.92. The number of hydrogen-bond acceptors (Lipinski definition) is 7. The van der Waals surface area contributed by atoms with E-state index in [9.17, 15) is 16.8 Å². The number of benzene rings is 1. The van der Waals surface area contributed by atoms with Gasteiger partial charge in [-0.3, -0.25) is 4.90 Å². The Morgan fingerprint density at radius 3 is 2.35 bits per heavy atom. The van der Waals surface area contributed by atoms with Crippen LogP contribution in [0.5, 0.6) is 5.75 Å². The summed E-state index contributed by atoms with van der Waals surface area (Å²) in [5, 5.41) is -0.927. The van der Waals surface area contributed by atoms with Crippen molar-refractivity contribution in [2.45, 2.75) is 23.1 Å². The van der Waals surface area contributed by atoms with Crippen LogP contribution in [0.3, 0.4) is 0 Å². The van der Waals surface area contributed by atoms with E-state index in [2.05, 4.69) is 4.90 Å². The van der Waals surface area contributed by atoms with Crippen molar-refractivity contribution in [1.82, 2.24) is 9.80 Å². The van der Waals surface area contributed by atoms with Gasteiger partial charge in [-0.15, -0.1) is 0 Å². The van der Waals surface area contributed by atoms with Crippen molar-refractivity contribution in [2.75, 3.05) is 51.8 Å². The third-order valence-electron chi connectivity index (χ3n) is 5.37. The third-order valence-corrected chi connectivity index (χ3v) is 9.49. The highest BCUT2D eigenvalue weighted by Gasteiger charge is 2.48. The highest BCUT2D eigenvalue weighted by Crippen LogP contribution is 2.31. The Labute approximate surface area is 155 Å². The minimum atomic E-state index is -3.76. The Kier molecular flexibility index (Phi) is 5.35. The minimum Gasteiger partial charge on any atom is -0.496 e. The molecule has 2 fully saturated rings. The van der Waals surface area contributed by atoms with Crippen LogP contribution in [0.2, 0.25) is 0 Å². The zero-order valence-corrected chi connectivity index (χ0v) is 17.0. The summed E-state index contributed by atoms with van der Waals surface area (Å²) in [6.45, 7) is 4.77. The first-order valence-electron chi connectivity index (χ1n) is 8.65. The van der Waals surface area contributed by atoms with Crippen LogP contribution in [-0.4, -0.2) is 89.8 Å². The van der Waals surface area contributed by atoms with Gasteiger partial charge >= 0.3 is 0 Å². The van der Waals surface area contributed by atoms with E-state index in [4.69, 9.17) is 4.74 Å². The highest BCUT2D eigenvalue weighted by molar-refractivity contribution is 7.96. The lowest BCUT2D eigenvalue weighted by Gasteiger charge is -2.37. The standard InChI is InChI=1S/C17H26N2O5S2/c1-13-10-14(4-5-16(13)24-3)26(22,23)17-12-25(20,21)11-15(17)19-8-6-18(2)7-9-19/h4-5,10,15,17H,6-9,11-12H2,1-3H3/t15-,17+/m1/s1. The van der Waals surface area contributed by atoms with Crippen LogP contribution in [0, 0.1) is 6.92 Å². The molecule has 3 rings (SSSR count). The Balaban J connectivity index is 1.94. The van der Waals surface area contributed by atoms with Gasteiger partial charge in [0.05, 0.1) is 28.8 Å². The van der Waals surface area contributed by atoms with Gasteiger partial charge in [0.15, 0.2) is 19.7 Å². The summed E-state index contributed by atoms with van der Waals surface area (Å²) in [6.07, 6.45) is 0. The van der Waals surface area contributed by atoms with Crippen molar-refractivity contribution in [3.8, 4) is 5.75 Å². The van der Waals surface area contributed by atoms with Gasteiger partial charge in [0.1, 0.15) is 5.75 Å². The average molecular weight is 403 g/mol. The molecule has 0 bridgehead atoms. The zero-order chi connectivity index (χ0) is 19.1. The zero-order valence-electron chi connectivity index (χ0n) is 15.4. The molecule has 2 saturated heterocycles. The van der Waals surface area contributed by atoms with Crippen molar-refractivity contribution in [3.05, 3.63) is 23.8 Å². The second-order valence-corrected chi connectivity index (χ2v) is 11.5. The molecule has 0 aromatic heterocycles. The van der Waals surface area contributed by atoms with Gasteiger partial charge in [-0.2, -0.15) is 0 Å². The predicted molar refractivity (Wildman–Crippen MR) is 100 cm³/mol. The van der Waals surface area contributed by atoms with E-state index >= 15 is 0 Å². The number of likely N-dealkylation sites (N-methyl/N-ethyl adjacent to an activating group) is 1. The molecule has 26 heavy (non-hydrogen) atoms. The molecule has 146 valence electrons. The first-order valence-corrected chi connectivity index (χ1v) is 12.0. The lowest BCUT2D eigenvalue weighted by Crippen LogP contribution is -2.54. The molecule has 0 radical (unpaired) electrons. The number of aryl methyl sites for hydroxylation is 1. The van der Waals surface area contributed by atoms with Crippen molar-refractivity contribution in [2.24, 2.45) is 0 Å². The van der Waals surface area contributed by atoms with Gasteiger partial charge in [-0.05, 0) is 37.7 Å². The van der Waals surface area contributed by atoms with Gasteiger partial charge in [0.2, 0.25) is 0 Å². The Morgan fingerprint density at radius 1 is 1.12 bits per heavy atom. The minimum absolute atomic E-state index is 0.0876. The number of nitrogens with zero attached hydrogens (tertiary/aromatic N) is 2. The molecule has 0 saturated carbocycles. The molecule has 2 aliphatic heterocycles. The van der Waals surface area contributed by atoms with E-state index in [0.717, 1.165) is 13.1 Å². The fraction of sp³-hybridized carbons (Fsp3) is 0.647. The summed E-state index contributed by atoms with van der Waals surface area (Å²) < 4.78 is 56.3. The summed E-state index contributed by atoms with van der Waals surface area (Å²) >= 11 is 0. The van der Waals surface area contributed by atoms with E-state index in [-0.39, 0.29) is 16.4 Å². The van der Waals surface area contributed by atoms with Crippen LogP contribution < -0.4 is 4.74 Å². The maximum Gasteiger partial charge on any atom is 0.183 e. The number of rotatable bonds is 4. The van der Waals surface area contributed by atoms with Crippen LogP contribution in [-0.2, 0) is 19.7 Å². The monoisotopic (exact) mass is 402 g/mol. The highest BCUT2D eigenvalue weighted by atomic mass is 32.2. The molecule has 7 nitrogen and oxygen atoms in total. The van der Waals surface area contributed by atoms with Gasteiger partial charge in [0, 0.05) is 32.2 Å². The Morgan fingerprint density at radius 2 is 1.77 bits per heavy atom. The van der Waals surface area contributed by atoms with Gasteiger partial charge < -0.3 is 9.64 Å². The lowest BCUT2D eigenvalue weighted by molar-refractivity contribution is 0.122. The molecule has 2 heterocycles. The topological polar surface area (TPSA) is 84.0 Å². The van der Waals surface area contributed by atoms with Crippen LogP contribution in [0.15, 0.2) is 23.1 Å². The summed E-state index contributed by atoms with van der Waals surface area (Å²) in [5.74, 6) is 0.214. The molecule has 0 spiro atoms. The molecule has 0 unspecified atom stereocenters. The summed E-state index contributed by atoms with van der Waals surface area (Å²) in [5.41, 5.74) is 0.713. The van der Waals surface area contributed by atoms with Crippen LogP contribution in [0.1, 0.15) is 5.56 Å². The smallest absolute Gasteiger partial charge is 0.183 e. The molecular formula is C17H26N2O5S2. The first-order chi connectivity index (χ1) is 12.1. The quantitative estimate of drug-likeness (QED) is 0.711. The van der Waals surface area contributed by atoms with E-state index in [1.54, 1.807) is 19.1 Å². The molecule has 0 N–H and O–H groups in total. The van der Waals surface area contributed by atoms with Gasteiger partial charge in [-0.1, -0.05) is 0 Å². The van der Waals surface area contributed by atoms with Crippen molar-refractivity contribution >= 4 is 19.7 Å². The SMILES string of the molecule is COc1ccc(S(=O)(=O)[C@H]2CS(=O)(=O)C[C@H]2N2CCN(C)CC2)cc1C. The van der Waals surface area contributed by atoms with Crippen LogP contribution in [0.4, 0.5) is 0 Å². The van der Waals surface area contributed by atoms with E-state index < -0.39 is 31.0 Å². The molecule has 9 heteroatoms. The normalized spacial score (nSPS) is 27.5. The Bertz CT molecular complexity index is 874. The van der Waals surface area contributed by atoms with Gasteiger partial charge in [-0.25, -0.2) is 16.8 Å². The second kappa shape index (κ2) is 7.10. The Hall–Kier alpha value is -1.16. The number of ether oxygens (including phenoxy) is 1. The van der Waals surface area contributed by atoms with Crippen LogP contribution in [0.25, 0.3) is 0 Å². The molecule has 0 amide bonds. The maximum absolute atomic E-state index is 13.2. The fourth-order valence-corrected chi connectivity index (χ4v) is 8.70. The van der Waals surface area contributed by atoms with E-state index in [0.29, 0.717) is 24.4 Å². The van der Waals surface area contributed by atoms with Crippen molar-refractivity contribution < 1.29 is 21.6 Å². The molecule has 0 aliphatic carbocycles. The fourth-order valence-electron chi connectivity index (χ4n) is 3.79. The number of methoxy groups -OCH3 is 1.